The largest absolute Gasteiger partial charge is 0.426 e. The number of carbonyl (C=O) groups excluding carboxylic acids is 1. The smallest absolute Gasteiger partial charge is 0.314 e. The van der Waals surface area contributed by atoms with Crippen LogP contribution in [0.25, 0.3) is 0 Å². The number of carbonyl (C=O) groups is 1. The van der Waals surface area contributed by atoms with Gasteiger partial charge in [-0.1, -0.05) is 24.0 Å². The summed E-state index contributed by atoms with van der Waals surface area (Å²) in [5, 5.41) is 0. The van der Waals surface area contributed by atoms with Crippen LogP contribution in [-0.4, -0.2) is 5.97 Å². The molecule has 2 nitrogen and oxygen atoms in total. The van der Waals surface area contributed by atoms with Gasteiger partial charge in [0.1, 0.15) is 11.6 Å². The third kappa shape index (κ3) is 6.06. The van der Waals surface area contributed by atoms with Gasteiger partial charge in [-0.3, -0.25) is 4.79 Å². The van der Waals surface area contributed by atoms with Crippen LogP contribution < -0.4 is 4.74 Å². The number of hydrogen-bond donors (Lipinski definition) is 0. The van der Waals surface area contributed by atoms with E-state index in [0.717, 1.165) is 43.2 Å². The van der Waals surface area contributed by atoms with Crippen LogP contribution in [-0.2, 0) is 4.79 Å². The zero-order valence-corrected chi connectivity index (χ0v) is 16.9. The molecule has 29 heavy (non-hydrogen) atoms. The van der Waals surface area contributed by atoms with E-state index in [-0.39, 0.29) is 17.7 Å². The third-order valence-corrected chi connectivity index (χ3v) is 5.50. The van der Waals surface area contributed by atoms with Crippen LogP contribution in [0.2, 0.25) is 0 Å². The summed E-state index contributed by atoms with van der Waals surface area (Å²) < 4.78 is 19.4. The van der Waals surface area contributed by atoms with Crippen LogP contribution in [0.4, 0.5) is 4.39 Å². The Bertz CT molecular complexity index is 910. The minimum Gasteiger partial charge on any atom is -0.426 e. The predicted octanol–water partition coefficient (Wildman–Crippen LogP) is 6.21. The first kappa shape index (κ1) is 20.9. The third-order valence-electron chi connectivity index (χ3n) is 5.50. The van der Waals surface area contributed by atoms with Crippen molar-refractivity contribution in [1.82, 2.24) is 0 Å². The lowest BCUT2D eigenvalue weighted by molar-refractivity contribution is -0.140. The molecule has 1 fully saturated rings. The van der Waals surface area contributed by atoms with Crippen molar-refractivity contribution in [2.24, 2.45) is 11.8 Å². The molecule has 1 saturated carbocycles. The lowest BCUT2D eigenvalue weighted by Gasteiger charge is -2.26. The van der Waals surface area contributed by atoms with Crippen molar-refractivity contribution < 1.29 is 13.9 Å². The minimum absolute atomic E-state index is 0.0149. The number of halogens is 1. The average Bonchev–Trinajstić information content (AvgIpc) is 2.73. The second kappa shape index (κ2) is 10.1. The van der Waals surface area contributed by atoms with Gasteiger partial charge >= 0.3 is 5.97 Å². The van der Waals surface area contributed by atoms with Gasteiger partial charge in [-0.25, -0.2) is 4.39 Å². The maximum Gasteiger partial charge on any atom is 0.314 e. The van der Waals surface area contributed by atoms with Gasteiger partial charge in [0, 0.05) is 5.56 Å². The molecule has 0 aromatic heterocycles. The van der Waals surface area contributed by atoms with E-state index in [4.69, 9.17) is 4.74 Å². The number of rotatable bonds is 5. The molecule has 2 aromatic carbocycles. The normalized spacial score (nSPS) is 18.4. The van der Waals surface area contributed by atoms with Crippen molar-refractivity contribution >= 4 is 5.97 Å². The monoisotopic (exact) mass is 390 g/mol. The van der Waals surface area contributed by atoms with Crippen molar-refractivity contribution in [3.8, 4) is 17.6 Å². The van der Waals surface area contributed by atoms with Gasteiger partial charge in [-0.05, 0) is 93.3 Å². The Kier molecular flexibility index (Phi) is 7.25. The van der Waals surface area contributed by atoms with Crippen LogP contribution in [0.5, 0.6) is 5.75 Å². The molecule has 0 atom stereocenters. The SMILES string of the molecule is C=CCCC1CCC(C(=O)Oc2ccc(C#Cc3ccc(C)cc3F)cc2)CC1. The summed E-state index contributed by atoms with van der Waals surface area (Å²) >= 11 is 0. The van der Waals surface area contributed by atoms with Crippen LogP contribution >= 0.6 is 0 Å². The number of ether oxygens (including phenoxy) is 1. The molecule has 2 aromatic rings. The molecule has 1 aliphatic carbocycles. The highest BCUT2D eigenvalue weighted by atomic mass is 19.1. The second-order valence-corrected chi connectivity index (χ2v) is 7.76. The van der Waals surface area contributed by atoms with Crippen molar-refractivity contribution in [2.75, 3.05) is 0 Å². The fourth-order valence-electron chi connectivity index (χ4n) is 3.71. The highest BCUT2D eigenvalue weighted by molar-refractivity contribution is 5.75. The van der Waals surface area contributed by atoms with Gasteiger partial charge in [-0.2, -0.15) is 0 Å². The van der Waals surface area contributed by atoms with Crippen molar-refractivity contribution in [1.29, 1.82) is 0 Å². The number of hydrogen-bond acceptors (Lipinski definition) is 2. The highest BCUT2D eigenvalue weighted by Gasteiger charge is 2.27. The summed E-state index contributed by atoms with van der Waals surface area (Å²) in [5.41, 5.74) is 1.98. The Balaban J connectivity index is 1.54. The highest BCUT2D eigenvalue weighted by Crippen LogP contribution is 2.32. The summed E-state index contributed by atoms with van der Waals surface area (Å²) in [6, 6.07) is 12.0. The quantitative estimate of drug-likeness (QED) is 0.262. The zero-order chi connectivity index (χ0) is 20.6. The molecule has 0 spiro atoms. The Morgan fingerprint density at radius 1 is 1.14 bits per heavy atom. The average molecular weight is 390 g/mol. The number of aryl methyl sites for hydroxylation is 1. The van der Waals surface area contributed by atoms with Crippen LogP contribution in [0.1, 0.15) is 55.2 Å². The molecule has 0 saturated heterocycles. The number of allylic oxidation sites excluding steroid dienone is 1. The van der Waals surface area contributed by atoms with Gasteiger partial charge in [-0.15, -0.1) is 6.58 Å². The maximum atomic E-state index is 13.9. The summed E-state index contributed by atoms with van der Waals surface area (Å²) in [4.78, 5) is 12.4. The Hall–Kier alpha value is -2.86. The van der Waals surface area contributed by atoms with E-state index in [2.05, 4.69) is 18.4 Å². The number of esters is 1. The molecule has 0 N–H and O–H groups in total. The molecule has 0 aliphatic heterocycles. The first-order chi connectivity index (χ1) is 14.0. The van der Waals surface area contributed by atoms with Gasteiger partial charge in [0.15, 0.2) is 0 Å². The molecule has 0 unspecified atom stereocenters. The molecule has 0 heterocycles. The van der Waals surface area contributed by atoms with Gasteiger partial charge in [0.2, 0.25) is 0 Å². The van der Waals surface area contributed by atoms with Crippen molar-refractivity contribution in [3.63, 3.8) is 0 Å². The lowest BCUT2D eigenvalue weighted by Crippen LogP contribution is -2.25. The molecular formula is C26H27FO2. The molecule has 0 amide bonds. The maximum absolute atomic E-state index is 13.9. The second-order valence-electron chi connectivity index (χ2n) is 7.76. The van der Waals surface area contributed by atoms with Gasteiger partial charge in [0.25, 0.3) is 0 Å². The van der Waals surface area contributed by atoms with E-state index in [1.807, 2.05) is 19.1 Å². The standard InChI is InChI=1S/C26H27FO2/c1-3-4-5-20-8-14-23(15-9-20)26(28)29-24-16-10-21(11-17-24)7-13-22-12-6-19(2)18-25(22)27/h3,6,10-12,16-18,20,23H,1,4-5,8-9,14-15H2,2H3. The molecule has 1 aliphatic rings. The summed E-state index contributed by atoms with van der Waals surface area (Å²) in [6.07, 6.45) is 8.13. The van der Waals surface area contributed by atoms with Gasteiger partial charge in [0.05, 0.1) is 11.5 Å². The van der Waals surface area contributed by atoms with Crippen LogP contribution in [0, 0.1) is 36.4 Å². The number of benzene rings is 2. The van der Waals surface area contributed by atoms with Crippen molar-refractivity contribution in [3.05, 3.63) is 77.6 Å². The van der Waals surface area contributed by atoms with E-state index >= 15 is 0 Å². The first-order valence-corrected chi connectivity index (χ1v) is 10.3. The first-order valence-electron chi connectivity index (χ1n) is 10.3. The Morgan fingerprint density at radius 2 is 1.86 bits per heavy atom. The van der Waals surface area contributed by atoms with E-state index in [1.54, 1.807) is 30.3 Å². The summed E-state index contributed by atoms with van der Waals surface area (Å²) in [6.45, 7) is 5.62. The zero-order valence-electron chi connectivity index (χ0n) is 16.9. The Labute approximate surface area is 172 Å². The minimum atomic E-state index is -0.317. The molecule has 0 radical (unpaired) electrons. The van der Waals surface area contributed by atoms with Crippen LogP contribution in [0.15, 0.2) is 55.1 Å². The summed E-state index contributed by atoms with van der Waals surface area (Å²) in [7, 11) is 0. The Morgan fingerprint density at radius 3 is 2.52 bits per heavy atom. The molecule has 0 bridgehead atoms. The van der Waals surface area contributed by atoms with Crippen LogP contribution in [0.3, 0.4) is 0 Å². The molecular weight excluding hydrogens is 363 g/mol. The molecule has 3 heteroatoms. The van der Waals surface area contributed by atoms with E-state index in [0.29, 0.717) is 17.2 Å². The summed E-state index contributed by atoms with van der Waals surface area (Å²) in [5.74, 6) is 6.55. The fraction of sp³-hybridized carbons (Fsp3) is 0.346. The van der Waals surface area contributed by atoms with Crippen molar-refractivity contribution in [2.45, 2.75) is 45.4 Å². The molecule has 3 rings (SSSR count). The van der Waals surface area contributed by atoms with E-state index in [9.17, 15) is 9.18 Å². The topological polar surface area (TPSA) is 26.3 Å². The fourth-order valence-corrected chi connectivity index (χ4v) is 3.71. The van der Waals surface area contributed by atoms with E-state index in [1.165, 1.54) is 12.5 Å². The predicted molar refractivity (Wildman–Crippen MR) is 114 cm³/mol. The van der Waals surface area contributed by atoms with E-state index < -0.39 is 0 Å². The lowest BCUT2D eigenvalue weighted by atomic mass is 9.80. The van der Waals surface area contributed by atoms with Gasteiger partial charge < -0.3 is 4.74 Å². The molecule has 150 valence electrons.